The van der Waals surface area contributed by atoms with Gasteiger partial charge in [-0.15, -0.1) is 0 Å². The van der Waals surface area contributed by atoms with Gasteiger partial charge < -0.3 is 10.5 Å². The van der Waals surface area contributed by atoms with Crippen LogP contribution in [0.1, 0.15) is 19.5 Å². The number of hydrogen-bond acceptors (Lipinski definition) is 3. The Bertz CT molecular complexity index is 278. The Morgan fingerprint density at radius 2 is 2.08 bits per heavy atom. The van der Waals surface area contributed by atoms with E-state index in [9.17, 15) is 0 Å². The number of nitrogens with zero attached hydrogens (tertiary/aromatic N) is 2. The average Bonchev–Trinajstić information content (AvgIpc) is 2.16. The third-order valence-corrected chi connectivity index (χ3v) is 1.56. The molecule has 0 aliphatic carbocycles. The smallest absolute Gasteiger partial charge is 0.236 e. The van der Waals surface area contributed by atoms with E-state index in [4.69, 9.17) is 10.5 Å². The number of nitrogens with two attached hydrogens (primary N) is 1. The van der Waals surface area contributed by atoms with E-state index in [0.717, 1.165) is 5.69 Å². The van der Waals surface area contributed by atoms with Crippen molar-refractivity contribution >= 4 is 5.69 Å². The van der Waals surface area contributed by atoms with Gasteiger partial charge in [0.2, 0.25) is 5.88 Å². The fourth-order valence-corrected chi connectivity index (χ4v) is 1.02. The fraction of sp³-hybridized carbons (Fsp3) is 0.625. The van der Waals surface area contributed by atoms with Crippen molar-refractivity contribution in [3.63, 3.8) is 0 Å². The number of aromatic nitrogens is 2. The lowest BCUT2D eigenvalue weighted by Gasteiger charge is -2.09. The van der Waals surface area contributed by atoms with Gasteiger partial charge in [0, 0.05) is 7.05 Å². The van der Waals surface area contributed by atoms with Crippen LogP contribution in [0.25, 0.3) is 0 Å². The van der Waals surface area contributed by atoms with Crippen LogP contribution in [-0.4, -0.2) is 15.9 Å². The second kappa shape index (κ2) is 3.05. The molecule has 0 aliphatic heterocycles. The SMILES string of the molecule is Cc1nn(C)c(OC(C)C)c1N. The molecule has 0 radical (unpaired) electrons. The number of anilines is 1. The molecule has 0 unspecified atom stereocenters. The zero-order valence-electron chi connectivity index (χ0n) is 7.96. The number of nitrogen functional groups attached to an aromatic ring is 1. The van der Waals surface area contributed by atoms with Gasteiger partial charge in [0.1, 0.15) is 5.69 Å². The van der Waals surface area contributed by atoms with Crippen LogP contribution in [0.2, 0.25) is 0 Å². The lowest BCUT2D eigenvalue weighted by atomic mass is 10.4. The molecule has 1 heterocycles. The molecule has 2 N–H and O–H groups in total. The summed E-state index contributed by atoms with van der Waals surface area (Å²) in [5.41, 5.74) is 7.19. The van der Waals surface area contributed by atoms with Gasteiger partial charge in [-0.25, -0.2) is 4.68 Å². The van der Waals surface area contributed by atoms with Gasteiger partial charge in [-0.2, -0.15) is 5.10 Å². The lowest BCUT2D eigenvalue weighted by Crippen LogP contribution is -2.10. The normalized spacial score (nSPS) is 10.8. The van der Waals surface area contributed by atoms with Gasteiger partial charge in [-0.3, -0.25) is 0 Å². The van der Waals surface area contributed by atoms with Crippen molar-refractivity contribution in [1.82, 2.24) is 9.78 Å². The third kappa shape index (κ3) is 1.52. The van der Waals surface area contributed by atoms with Gasteiger partial charge in [0.15, 0.2) is 0 Å². The quantitative estimate of drug-likeness (QED) is 0.721. The summed E-state index contributed by atoms with van der Waals surface area (Å²) in [4.78, 5) is 0. The minimum atomic E-state index is 0.127. The number of ether oxygens (including phenoxy) is 1. The molecule has 0 atom stereocenters. The maximum absolute atomic E-state index is 5.74. The highest BCUT2D eigenvalue weighted by molar-refractivity contribution is 5.52. The van der Waals surface area contributed by atoms with Crippen molar-refractivity contribution in [2.75, 3.05) is 5.73 Å². The number of rotatable bonds is 2. The summed E-state index contributed by atoms with van der Waals surface area (Å²) < 4.78 is 7.13. The maximum Gasteiger partial charge on any atom is 0.236 e. The molecule has 68 valence electrons. The van der Waals surface area contributed by atoms with Crippen molar-refractivity contribution < 1.29 is 4.74 Å². The first kappa shape index (κ1) is 8.90. The average molecular weight is 169 g/mol. The van der Waals surface area contributed by atoms with Crippen molar-refractivity contribution in [2.45, 2.75) is 26.9 Å². The van der Waals surface area contributed by atoms with E-state index in [1.807, 2.05) is 27.8 Å². The van der Waals surface area contributed by atoms with E-state index in [1.165, 1.54) is 0 Å². The van der Waals surface area contributed by atoms with Crippen LogP contribution < -0.4 is 10.5 Å². The zero-order chi connectivity index (χ0) is 9.30. The standard InChI is InChI=1S/C8H15N3O/c1-5(2)12-8-7(9)6(3)10-11(8)4/h5H,9H2,1-4H3. The molecule has 4 nitrogen and oxygen atoms in total. The minimum absolute atomic E-state index is 0.127. The summed E-state index contributed by atoms with van der Waals surface area (Å²) in [7, 11) is 1.82. The van der Waals surface area contributed by atoms with E-state index in [-0.39, 0.29) is 6.10 Å². The molecular formula is C8H15N3O. The van der Waals surface area contributed by atoms with E-state index in [0.29, 0.717) is 11.6 Å². The van der Waals surface area contributed by atoms with Crippen LogP contribution in [0.15, 0.2) is 0 Å². The Hall–Kier alpha value is -1.19. The molecule has 0 spiro atoms. The molecule has 12 heavy (non-hydrogen) atoms. The van der Waals surface area contributed by atoms with Gasteiger partial charge >= 0.3 is 0 Å². The first-order chi connectivity index (χ1) is 5.52. The Balaban J connectivity index is 2.97. The predicted molar refractivity (Wildman–Crippen MR) is 48.1 cm³/mol. The van der Waals surface area contributed by atoms with Gasteiger partial charge in [0.05, 0.1) is 11.8 Å². The molecule has 0 aliphatic rings. The Labute approximate surface area is 72.3 Å². The van der Waals surface area contributed by atoms with Gasteiger partial charge in [-0.1, -0.05) is 0 Å². The van der Waals surface area contributed by atoms with Crippen molar-refractivity contribution in [3.05, 3.63) is 5.69 Å². The summed E-state index contributed by atoms with van der Waals surface area (Å²) in [6, 6.07) is 0. The first-order valence-electron chi connectivity index (χ1n) is 3.98. The number of aryl methyl sites for hydroxylation is 2. The second-order valence-electron chi connectivity index (χ2n) is 3.09. The molecule has 0 saturated heterocycles. The third-order valence-electron chi connectivity index (χ3n) is 1.56. The highest BCUT2D eigenvalue weighted by atomic mass is 16.5. The lowest BCUT2D eigenvalue weighted by molar-refractivity contribution is 0.223. The summed E-state index contributed by atoms with van der Waals surface area (Å²) in [6.07, 6.45) is 0.127. The van der Waals surface area contributed by atoms with E-state index in [2.05, 4.69) is 5.10 Å². The summed E-state index contributed by atoms with van der Waals surface area (Å²) in [6.45, 7) is 5.78. The molecular weight excluding hydrogens is 154 g/mol. The van der Waals surface area contributed by atoms with E-state index in [1.54, 1.807) is 4.68 Å². The van der Waals surface area contributed by atoms with E-state index < -0.39 is 0 Å². The molecule has 1 rings (SSSR count). The predicted octanol–water partition coefficient (Wildman–Crippen LogP) is 1.10. The molecule has 0 saturated carbocycles. The Morgan fingerprint density at radius 1 is 1.50 bits per heavy atom. The maximum atomic E-state index is 5.74. The fourth-order valence-electron chi connectivity index (χ4n) is 1.02. The van der Waals surface area contributed by atoms with Crippen LogP contribution >= 0.6 is 0 Å². The van der Waals surface area contributed by atoms with Gasteiger partial charge in [0.25, 0.3) is 0 Å². The Morgan fingerprint density at radius 3 is 2.42 bits per heavy atom. The molecule has 1 aromatic rings. The van der Waals surface area contributed by atoms with Crippen molar-refractivity contribution in [3.8, 4) is 5.88 Å². The molecule has 1 aromatic heterocycles. The highest BCUT2D eigenvalue weighted by Gasteiger charge is 2.11. The largest absolute Gasteiger partial charge is 0.474 e. The summed E-state index contributed by atoms with van der Waals surface area (Å²) in [5, 5.41) is 4.13. The van der Waals surface area contributed by atoms with E-state index >= 15 is 0 Å². The molecule has 0 amide bonds. The highest BCUT2D eigenvalue weighted by Crippen LogP contribution is 2.24. The van der Waals surface area contributed by atoms with Crippen LogP contribution in [0, 0.1) is 6.92 Å². The van der Waals surface area contributed by atoms with Crippen molar-refractivity contribution in [1.29, 1.82) is 0 Å². The van der Waals surface area contributed by atoms with Crippen LogP contribution in [0.4, 0.5) is 5.69 Å². The molecule has 4 heteroatoms. The first-order valence-corrected chi connectivity index (χ1v) is 3.98. The van der Waals surface area contributed by atoms with Crippen molar-refractivity contribution in [2.24, 2.45) is 7.05 Å². The zero-order valence-corrected chi connectivity index (χ0v) is 7.96. The molecule has 0 fully saturated rings. The summed E-state index contributed by atoms with van der Waals surface area (Å²) in [5.74, 6) is 0.655. The van der Waals surface area contributed by atoms with Gasteiger partial charge in [-0.05, 0) is 20.8 Å². The Kier molecular flexibility index (Phi) is 2.26. The van der Waals surface area contributed by atoms with Crippen LogP contribution in [-0.2, 0) is 7.05 Å². The second-order valence-corrected chi connectivity index (χ2v) is 3.09. The minimum Gasteiger partial charge on any atom is -0.474 e. The molecule has 0 bridgehead atoms. The van der Waals surface area contributed by atoms with Crippen LogP contribution in [0.3, 0.4) is 0 Å². The topological polar surface area (TPSA) is 53.1 Å². The summed E-state index contributed by atoms with van der Waals surface area (Å²) >= 11 is 0. The molecule has 0 aromatic carbocycles. The number of hydrogen-bond donors (Lipinski definition) is 1. The van der Waals surface area contributed by atoms with Crippen LogP contribution in [0.5, 0.6) is 5.88 Å². The monoisotopic (exact) mass is 169 g/mol.